The van der Waals surface area contributed by atoms with Gasteiger partial charge in [-0.2, -0.15) is 0 Å². The van der Waals surface area contributed by atoms with Gasteiger partial charge >= 0.3 is 11.7 Å². The summed E-state index contributed by atoms with van der Waals surface area (Å²) in [6, 6.07) is 5.38. The molecule has 0 atom stereocenters. The van der Waals surface area contributed by atoms with Crippen LogP contribution in [-0.4, -0.2) is 49.0 Å². The van der Waals surface area contributed by atoms with Gasteiger partial charge in [-0.3, -0.25) is 23.9 Å². The van der Waals surface area contributed by atoms with Crippen LogP contribution in [0.1, 0.15) is 48.8 Å². The number of rotatable bonds is 7. The molecule has 0 spiro atoms. The molecule has 0 radical (unpaired) electrons. The highest BCUT2D eigenvalue weighted by Gasteiger charge is 2.29. The summed E-state index contributed by atoms with van der Waals surface area (Å²) >= 11 is 0. The van der Waals surface area contributed by atoms with Crippen LogP contribution in [0.5, 0.6) is 0 Å². The minimum Gasteiger partial charge on any atom is -0.457 e. The van der Waals surface area contributed by atoms with Crippen LogP contribution in [-0.2, 0) is 29.7 Å². The molecule has 3 aromatic rings. The Morgan fingerprint density at radius 2 is 1.86 bits per heavy atom. The van der Waals surface area contributed by atoms with Crippen LogP contribution >= 0.6 is 0 Å². The first kappa shape index (κ1) is 24.4. The van der Waals surface area contributed by atoms with Crippen molar-refractivity contribution in [2.45, 2.75) is 45.8 Å². The molecule has 35 heavy (non-hydrogen) atoms. The molecule has 1 aliphatic rings. The molecule has 4 rings (SSSR count). The fourth-order valence-electron chi connectivity index (χ4n) is 4.29. The highest BCUT2D eigenvalue weighted by atomic mass is 19.1. The number of hydrogen-bond donors (Lipinski definition) is 1. The average molecular weight is 486 g/mol. The molecule has 186 valence electrons. The van der Waals surface area contributed by atoms with Crippen LogP contribution in [0.4, 0.5) is 4.39 Å². The molecule has 1 amide bonds. The van der Waals surface area contributed by atoms with Crippen molar-refractivity contribution in [1.82, 2.24) is 24.0 Å². The second-order valence-electron chi connectivity index (χ2n) is 8.70. The maximum atomic E-state index is 13.1. The zero-order chi connectivity index (χ0) is 25.1. The predicted octanol–water partition coefficient (Wildman–Crippen LogP) is 1.96. The van der Waals surface area contributed by atoms with Gasteiger partial charge in [-0.05, 0) is 43.5 Å². The first-order valence-corrected chi connectivity index (χ1v) is 11.7. The predicted molar refractivity (Wildman–Crippen MR) is 125 cm³/mol. The summed E-state index contributed by atoms with van der Waals surface area (Å²) in [6.45, 7) is 3.07. The second kappa shape index (κ2) is 10.2. The highest BCUT2D eigenvalue weighted by Crippen LogP contribution is 2.21. The van der Waals surface area contributed by atoms with Crippen molar-refractivity contribution < 1.29 is 18.7 Å². The minimum atomic E-state index is -0.538. The topological polar surface area (TPSA) is 119 Å². The van der Waals surface area contributed by atoms with E-state index in [2.05, 4.69) is 9.97 Å². The van der Waals surface area contributed by atoms with E-state index in [1.807, 2.05) is 6.92 Å². The lowest BCUT2D eigenvalue weighted by atomic mass is 9.96. The number of ether oxygens (including phenoxy) is 1. The zero-order valence-electron chi connectivity index (χ0n) is 19.8. The number of aryl methyl sites for hydroxylation is 2. The van der Waals surface area contributed by atoms with Crippen molar-refractivity contribution in [3.05, 3.63) is 62.3 Å². The summed E-state index contributed by atoms with van der Waals surface area (Å²) in [4.78, 5) is 58.3. The third-order valence-corrected chi connectivity index (χ3v) is 6.39. The lowest BCUT2D eigenvalue weighted by molar-refractivity contribution is -0.151. The Hall–Kier alpha value is -3.76. The van der Waals surface area contributed by atoms with Gasteiger partial charge in [0.15, 0.2) is 11.2 Å². The van der Waals surface area contributed by atoms with Crippen LogP contribution in [0.15, 0.2) is 33.9 Å². The summed E-state index contributed by atoms with van der Waals surface area (Å²) in [7, 11) is 1.64. The lowest BCUT2D eigenvalue weighted by Gasteiger charge is -2.31. The minimum absolute atomic E-state index is 0.139. The van der Waals surface area contributed by atoms with E-state index in [9.17, 15) is 23.6 Å². The van der Waals surface area contributed by atoms with E-state index in [1.165, 1.54) is 33.4 Å². The monoisotopic (exact) mass is 485 g/mol. The Kier molecular flexibility index (Phi) is 7.13. The average Bonchev–Trinajstić information content (AvgIpc) is 3.19. The summed E-state index contributed by atoms with van der Waals surface area (Å²) in [5, 5.41) is 0. The molecule has 1 aliphatic heterocycles. The second-order valence-corrected chi connectivity index (χ2v) is 8.70. The molecule has 2 aromatic heterocycles. The number of esters is 1. The Morgan fingerprint density at radius 3 is 2.51 bits per heavy atom. The number of hydrogen-bond acceptors (Lipinski definition) is 6. The molecular weight excluding hydrogens is 457 g/mol. The fraction of sp³-hybridized carbons (Fsp3) is 0.458. The van der Waals surface area contributed by atoms with E-state index in [4.69, 9.17) is 4.74 Å². The number of unbranched alkanes of at least 4 members (excludes halogenated alkanes) is 1. The summed E-state index contributed by atoms with van der Waals surface area (Å²) < 4.78 is 21.6. The Labute approximate surface area is 200 Å². The number of carbonyl (C=O) groups excluding carboxylic acids is 2. The van der Waals surface area contributed by atoms with Gasteiger partial charge in [-0.25, -0.2) is 14.2 Å². The largest absolute Gasteiger partial charge is 0.457 e. The molecule has 0 unspecified atom stereocenters. The van der Waals surface area contributed by atoms with Crippen LogP contribution in [0.25, 0.3) is 11.2 Å². The Balaban J connectivity index is 1.39. The van der Waals surface area contributed by atoms with Gasteiger partial charge in [0.2, 0.25) is 0 Å². The molecule has 1 saturated heterocycles. The summed E-state index contributed by atoms with van der Waals surface area (Å²) in [5.41, 5.74) is -0.127. The number of amides is 1. The van der Waals surface area contributed by atoms with Crippen molar-refractivity contribution in [3.63, 3.8) is 0 Å². The number of halogens is 1. The van der Waals surface area contributed by atoms with E-state index >= 15 is 0 Å². The number of benzene rings is 1. The van der Waals surface area contributed by atoms with Crippen molar-refractivity contribution in [2.75, 3.05) is 13.1 Å². The first-order chi connectivity index (χ1) is 16.8. The number of H-pyrrole nitrogens is 1. The smallest absolute Gasteiger partial charge is 0.330 e. The fourth-order valence-corrected chi connectivity index (χ4v) is 4.29. The van der Waals surface area contributed by atoms with Gasteiger partial charge in [0.05, 0.1) is 5.92 Å². The number of aromatic nitrogens is 4. The number of fused-ring (bicyclic) bond motifs is 1. The number of imidazole rings is 1. The molecule has 10 nitrogen and oxygen atoms in total. The Morgan fingerprint density at radius 1 is 1.17 bits per heavy atom. The van der Waals surface area contributed by atoms with Gasteiger partial charge in [0, 0.05) is 32.2 Å². The zero-order valence-corrected chi connectivity index (χ0v) is 19.8. The maximum Gasteiger partial charge on any atom is 0.330 e. The SMILES string of the molecule is CCCCn1c(=O)[nH]c(=O)c2c1nc(COC(=O)C1CCN(C(=O)c3ccc(F)cc3)CC1)n2C. The van der Waals surface area contributed by atoms with E-state index in [-0.39, 0.29) is 29.6 Å². The molecule has 1 N–H and O–H groups in total. The number of piperidine rings is 1. The molecule has 3 heterocycles. The van der Waals surface area contributed by atoms with Gasteiger partial charge in [-0.15, -0.1) is 0 Å². The van der Waals surface area contributed by atoms with Crippen LogP contribution < -0.4 is 11.2 Å². The first-order valence-electron chi connectivity index (χ1n) is 11.7. The highest BCUT2D eigenvalue weighted by molar-refractivity contribution is 5.94. The standard InChI is InChI=1S/C24H28FN5O5/c1-3-4-11-30-20-19(21(31)27-24(30)34)28(2)18(26-20)14-35-23(33)16-9-12-29(13-10-16)22(32)15-5-7-17(25)8-6-15/h5-8,16H,3-4,9-14H2,1-2H3,(H,27,31,34). The van der Waals surface area contributed by atoms with Gasteiger partial charge in [-0.1, -0.05) is 13.3 Å². The quantitative estimate of drug-likeness (QED) is 0.511. The molecule has 0 aliphatic carbocycles. The Bertz CT molecular complexity index is 1350. The maximum absolute atomic E-state index is 13.1. The summed E-state index contributed by atoms with van der Waals surface area (Å²) in [6.07, 6.45) is 2.53. The molecule has 0 bridgehead atoms. The number of likely N-dealkylation sites (tertiary alicyclic amines) is 1. The van der Waals surface area contributed by atoms with Crippen molar-refractivity contribution in [1.29, 1.82) is 0 Å². The van der Waals surface area contributed by atoms with Crippen LogP contribution in [0.2, 0.25) is 0 Å². The third kappa shape index (κ3) is 5.03. The van der Waals surface area contributed by atoms with E-state index < -0.39 is 23.0 Å². The summed E-state index contributed by atoms with van der Waals surface area (Å²) in [5.74, 6) is -1.01. The van der Waals surface area contributed by atoms with Crippen molar-refractivity contribution in [3.8, 4) is 0 Å². The van der Waals surface area contributed by atoms with Gasteiger partial charge in [0.1, 0.15) is 18.2 Å². The van der Waals surface area contributed by atoms with Crippen LogP contribution in [0, 0.1) is 11.7 Å². The molecule has 1 fully saturated rings. The van der Waals surface area contributed by atoms with Crippen molar-refractivity contribution in [2.24, 2.45) is 13.0 Å². The number of nitrogens with zero attached hydrogens (tertiary/aromatic N) is 4. The normalized spacial score (nSPS) is 14.4. The van der Waals surface area contributed by atoms with E-state index in [0.717, 1.165) is 12.8 Å². The van der Waals surface area contributed by atoms with Gasteiger partial charge < -0.3 is 14.2 Å². The van der Waals surface area contributed by atoms with Crippen LogP contribution in [0.3, 0.4) is 0 Å². The van der Waals surface area contributed by atoms with E-state index in [1.54, 1.807) is 11.9 Å². The van der Waals surface area contributed by atoms with Gasteiger partial charge in [0.25, 0.3) is 11.5 Å². The molecule has 1 aromatic carbocycles. The third-order valence-electron chi connectivity index (χ3n) is 6.39. The molecular formula is C24H28FN5O5. The lowest BCUT2D eigenvalue weighted by Crippen LogP contribution is -2.40. The molecule has 11 heteroatoms. The van der Waals surface area contributed by atoms with Crippen molar-refractivity contribution >= 4 is 23.0 Å². The van der Waals surface area contributed by atoms with E-state index in [0.29, 0.717) is 43.9 Å². The molecule has 0 saturated carbocycles. The number of carbonyl (C=O) groups is 2. The number of nitrogens with one attached hydrogen (secondary N) is 1. The number of aromatic amines is 1.